The van der Waals surface area contributed by atoms with Crippen molar-refractivity contribution < 1.29 is 23.4 Å². The van der Waals surface area contributed by atoms with Crippen LogP contribution in [0.1, 0.15) is 28.9 Å². The van der Waals surface area contributed by atoms with Crippen LogP contribution in [0.5, 0.6) is 17.2 Å². The van der Waals surface area contributed by atoms with Crippen molar-refractivity contribution >= 4 is 16.8 Å². The Morgan fingerprint density at radius 1 is 0.912 bits per heavy atom. The number of hydrogen-bond donors (Lipinski definition) is 1. The molecule has 3 aromatic carbocycles. The standard InChI is InChI=1S/C27H25FN2O4/c1-16(17-9-11-19(28)12-10-17)29-27(31)21-15-23(30-22-8-6-5-7-20(21)22)18-13-24(32-2)26(34-4)25(14-18)33-3/h5-16H,1-4H3,(H,29,31). The van der Waals surface area contributed by atoms with Crippen molar-refractivity contribution in [2.75, 3.05) is 21.3 Å². The number of nitrogens with one attached hydrogen (secondary N) is 1. The number of carbonyl (C=O) groups is 1. The largest absolute Gasteiger partial charge is 0.493 e. The number of fused-ring (bicyclic) bond motifs is 1. The number of methoxy groups -OCH3 is 3. The van der Waals surface area contributed by atoms with E-state index in [1.54, 1.807) is 51.7 Å². The molecule has 4 rings (SSSR count). The van der Waals surface area contributed by atoms with Crippen LogP contribution in [0.2, 0.25) is 0 Å². The molecule has 0 aliphatic rings. The Labute approximate surface area is 197 Å². The first-order valence-electron chi connectivity index (χ1n) is 10.7. The Morgan fingerprint density at radius 2 is 1.56 bits per heavy atom. The summed E-state index contributed by atoms with van der Waals surface area (Å²) >= 11 is 0. The van der Waals surface area contributed by atoms with Crippen LogP contribution in [0.3, 0.4) is 0 Å². The zero-order chi connectivity index (χ0) is 24.2. The predicted octanol–water partition coefficient (Wildman–Crippen LogP) is 5.56. The van der Waals surface area contributed by atoms with Crippen molar-refractivity contribution in [1.82, 2.24) is 10.3 Å². The Kier molecular flexibility index (Phi) is 6.63. The van der Waals surface area contributed by atoms with E-state index in [4.69, 9.17) is 19.2 Å². The quantitative estimate of drug-likeness (QED) is 0.391. The summed E-state index contributed by atoms with van der Waals surface area (Å²) in [6.07, 6.45) is 0. The monoisotopic (exact) mass is 460 g/mol. The number of hydrogen-bond acceptors (Lipinski definition) is 5. The van der Waals surface area contributed by atoms with E-state index < -0.39 is 0 Å². The number of carbonyl (C=O) groups excluding carboxylic acids is 1. The molecule has 1 atom stereocenters. The van der Waals surface area contributed by atoms with Crippen LogP contribution in [0, 0.1) is 5.82 Å². The fraction of sp³-hybridized carbons (Fsp3) is 0.185. The van der Waals surface area contributed by atoms with E-state index in [2.05, 4.69) is 5.32 Å². The molecule has 1 N–H and O–H groups in total. The van der Waals surface area contributed by atoms with E-state index in [9.17, 15) is 9.18 Å². The maximum atomic E-state index is 13.4. The maximum absolute atomic E-state index is 13.4. The van der Waals surface area contributed by atoms with Gasteiger partial charge in [0.2, 0.25) is 5.75 Å². The van der Waals surface area contributed by atoms with Gasteiger partial charge in [-0.2, -0.15) is 0 Å². The minimum atomic E-state index is -0.322. The zero-order valence-corrected chi connectivity index (χ0v) is 19.4. The Balaban J connectivity index is 1.78. The molecule has 0 aliphatic carbocycles. The van der Waals surface area contributed by atoms with Gasteiger partial charge in [0, 0.05) is 10.9 Å². The summed E-state index contributed by atoms with van der Waals surface area (Å²) in [4.78, 5) is 18.1. The third kappa shape index (κ3) is 4.50. The number of benzene rings is 3. The molecule has 0 spiro atoms. The minimum absolute atomic E-state index is 0.260. The summed E-state index contributed by atoms with van der Waals surface area (Å²) in [5.74, 6) is 0.868. The number of nitrogens with zero attached hydrogens (tertiary/aromatic N) is 1. The average Bonchev–Trinajstić information content (AvgIpc) is 2.87. The van der Waals surface area contributed by atoms with E-state index in [0.29, 0.717) is 39.6 Å². The van der Waals surface area contributed by atoms with Gasteiger partial charge >= 0.3 is 0 Å². The molecule has 0 fully saturated rings. The summed E-state index contributed by atoms with van der Waals surface area (Å²) in [6, 6.07) is 18.5. The van der Waals surface area contributed by atoms with Gasteiger partial charge in [-0.25, -0.2) is 9.37 Å². The molecule has 4 aromatic rings. The fourth-order valence-electron chi connectivity index (χ4n) is 3.85. The molecular formula is C27H25FN2O4. The first-order chi connectivity index (χ1) is 16.4. The van der Waals surface area contributed by atoms with E-state index >= 15 is 0 Å². The van der Waals surface area contributed by atoms with Gasteiger partial charge in [0.25, 0.3) is 5.91 Å². The summed E-state index contributed by atoms with van der Waals surface area (Å²) in [5, 5.41) is 3.73. The van der Waals surface area contributed by atoms with Gasteiger partial charge < -0.3 is 19.5 Å². The lowest BCUT2D eigenvalue weighted by atomic mass is 10.0. The van der Waals surface area contributed by atoms with Crippen LogP contribution in [-0.2, 0) is 0 Å². The second kappa shape index (κ2) is 9.79. The van der Waals surface area contributed by atoms with Crippen molar-refractivity contribution in [2.45, 2.75) is 13.0 Å². The van der Waals surface area contributed by atoms with Crippen molar-refractivity contribution in [1.29, 1.82) is 0 Å². The molecule has 1 amide bonds. The lowest BCUT2D eigenvalue weighted by molar-refractivity contribution is 0.0941. The number of halogens is 1. The lowest BCUT2D eigenvalue weighted by Gasteiger charge is -2.17. The molecular weight excluding hydrogens is 435 g/mol. The smallest absolute Gasteiger partial charge is 0.252 e. The van der Waals surface area contributed by atoms with Crippen molar-refractivity contribution in [3.63, 3.8) is 0 Å². The normalized spacial score (nSPS) is 11.7. The minimum Gasteiger partial charge on any atom is -0.493 e. The van der Waals surface area contributed by atoms with Gasteiger partial charge in [-0.15, -0.1) is 0 Å². The van der Waals surface area contributed by atoms with Gasteiger partial charge in [0.1, 0.15) is 5.82 Å². The van der Waals surface area contributed by atoms with Crippen molar-refractivity contribution in [3.8, 4) is 28.5 Å². The number of aromatic nitrogens is 1. The number of pyridine rings is 1. The SMILES string of the molecule is COc1cc(-c2cc(C(=O)NC(C)c3ccc(F)cc3)c3ccccc3n2)cc(OC)c1OC. The summed E-state index contributed by atoms with van der Waals surface area (Å²) in [7, 11) is 4.63. The molecule has 1 aromatic heterocycles. The van der Waals surface area contributed by atoms with Crippen LogP contribution in [0.15, 0.2) is 66.7 Å². The highest BCUT2D eigenvalue weighted by molar-refractivity contribution is 6.07. The van der Waals surface area contributed by atoms with E-state index in [0.717, 1.165) is 10.9 Å². The molecule has 0 saturated heterocycles. The van der Waals surface area contributed by atoms with Crippen LogP contribution in [-0.4, -0.2) is 32.2 Å². The Hall–Kier alpha value is -4.13. The lowest BCUT2D eigenvalue weighted by Crippen LogP contribution is -2.27. The van der Waals surface area contributed by atoms with Gasteiger partial charge in [0.05, 0.1) is 44.1 Å². The highest BCUT2D eigenvalue weighted by atomic mass is 19.1. The number of rotatable bonds is 7. The molecule has 0 saturated carbocycles. The second-order valence-corrected chi connectivity index (χ2v) is 7.73. The van der Waals surface area contributed by atoms with Gasteiger partial charge in [-0.05, 0) is 48.9 Å². The third-order valence-electron chi connectivity index (χ3n) is 5.64. The first-order valence-corrected chi connectivity index (χ1v) is 10.7. The summed E-state index contributed by atoms with van der Waals surface area (Å²) in [5.41, 5.74) is 3.24. The summed E-state index contributed by atoms with van der Waals surface area (Å²) in [6.45, 7) is 1.86. The number of amides is 1. The first kappa shape index (κ1) is 23.0. The van der Waals surface area contributed by atoms with Crippen molar-refractivity contribution in [3.05, 3.63) is 83.7 Å². The molecule has 6 nitrogen and oxygen atoms in total. The van der Waals surface area contributed by atoms with E-state index in [1.165, 1.54) is 12.1 Å². The fourth-order valence-corrected chi connectivity index (χ4v) is 3.85. The van der Waals surface area contributed by atoms with E-state index in [-0.39, 0.29) is 17.8 Å². The Bertz CT molecular complexity index is 1310. The predicted molar refractivity (Wildman–Crippen MR) is 129 cm³/mol. The molecule has 1 unspecified atom stereocenters. The second-order valence-electron chi connectivity index (χ2n) is 7.73. The molecule has 0 bridgehead atoms. The molecule has 0 radical (unpaired) electrons. The molecule has 34 heavy (non-hydrogen) atoms. The molecule has 0 aliphatic heterocycles. The maximum Gasteiger partial charge on any atom is 0.252 e. The van der Waals surface area contributed by atoms with Gasteiger partial charge in [-0.3, -0.25) is 4.79 Å². The van der Waals surface area contributed by atoms with Crippen LogP contribution >= 0.6 is 0 Å². The molecule has 1 heterocycles. The van der Waals surface area contributed by atoms with Crippen LogP contribution in [0.4, 0.5) is 4.39 Å². The third-order valence-corrected chi connectivity index (χ3v) is 5.64. The van der Waals surface area contributed by atoms with Crippen LogP contribution < -0.4 is 19.5 Å². The number of ether oxygens (including phenoxy) is 3. The highest BCUT2D eigenvalue weighted by Gasteiger charge is 2.19. The topological polar surface area (TPSA) is 69.7 Å². The average molecular weight is 461 g/mol. The highest BCUT2D eigenvalue weighted by Crippen LogP contribution is 2.41. The molecule has 7 heteroatoms. The molecule has 174 valence electrons. The van der Waals surface area contributed by atoms with Crippen LogP contribution in [0.25, 0.3) is 22.2 Å². The zero-order valence-electron chi connectivity index (χ0n) is 19.4. The Morgan fingerprint density at radius 3 is 2.18 bits per heavy atom. The van der Waals surface area contributed by atoms with Gasteiger partial charge in [0.15, 0.2) is 11.5 Å². The van der Waals surface area contributed by atoms with Gasteiger partial charge in [-0.1, -0.05) is 30.3 Å². The summed E-state index contributed by atoms with van der Waals surface area (Å²) < 4.78 is 29.7. The van der Waals surface area contributed by atoms with Crippen molar-refractivity contribution in [2.24, 2.45) is 0 Å². The number of para-hydroxylation sites is 1. The van der Waals surface area contributed by atoms with E-state index in [1.807, 2.05) is 31.2 Å².